The smallest absolute Gasteiger partial charge is 0.331 e. The molecule has 1 aliphatic heterocycles. The van der Waals surface area contributed by atoms with E-state index < -0.39 is 17.1 Å². The van der Waals surface area contributed by atoms with Gasteiger partial charge in [-0.05, 0) is 30.7 Å². The van der Waals surface area contributed by atoms with Crippen LogP contribution in [0.15, 0.2) is 52.6 Å². The number of benzene rings is 1. The highest BCUT2D eigenvalue weighted by Crippen LogP contribution is 2.32. The fourth-order valence-corrected chi connectivity index (χ4v) is 4.67. The van der Waals surface area contributed by atoms with Gasteiger partial charge < -0.3 is 14.6 Å². The fourth-order valence-electron chi connectivity index (χ4n) is 4.46. The molecule has 4 heterocycles. The first kappa shape index (κ1) is 26.0. The van der Waals surface area contributed by atoms with E-state index >= 15 is 4.39 Å². The largest absolute Gasteiger partial charge is 0.372 e. The van der Waals surface area contributed by atoms with Gasteiger partial charge in [-0.2, -0.15) is 5.10 Å². The summed E-state index contributed by atoms with van der Waals surface area (Å²) in [4.78, 5) is 29.2. The summed E-state index contributed by atoms with van der Waals surface area (Å²) in [5, 5.41) is 7.82. The van der Waals surface area contributed by atoms with E-state index in [4.69, 9.17) is 16.3 Å². The van der Waals surface area contributed by atoms with Crippen molar-refractivity contribution in [2.45, 2.75) is 32.1 Å². The van der Waals surface area contributed by atoms with Gasteiger partial charge in [-0.15, -0.1) is 12.4 Å². The Bertz CT molecular complexity index is 1530. The van der Waals surface area contributed by atoms with E-state index in [1.54, 1.807) is 29.9 Å². The number of halogens is 3. The average molecular weight is 535 g/mol. The van der Waals surface area contributed by atoms with E-state index in [9.17, 15) is 9.59 Å². The molecule has 12 heteroatoms. The number of aromatic nitrogens is 5. The summed E-state index contributed by atoms with van der Waals surface area (Å²) in [6.07, 6.45) is 4.70. The van der Waals surface area contributed by atoms with E-state index in [0.717, 1.165) is 11.1 Å². The Morgan fingerprint density at radius 3 is 2.83 bits per heavy atom. The quantitative estimate of drug-likeness (QED) is 0.422. The molecule has 1 aliphatic rings. The lowest BCUT2D eigenvalue weighted by molar-refractivity contribution is -0.0265. The van der Waals surface area contributed by atoms with E-state index in [-0.39, 0.29) is 36.2 Å². The van der Waals surface area contributed by atoms with E-state index in [2.05, 4.69) is 15.4 Å². The van der Waals surface area contributed by atoms with Crippen molar-refractivity contribution in [3.63, 3.8) is 0 Å². The Balaban J connectivity index is 0.00000304. The van der Waals surface area contributed by atoms with E-state index in [0.29, 0.717) is 40.9 Å². The molecule has 4 aromatic rings. The zero-order valence-corrected chi connectivity index (χ0v) is 21.2. The number of nitrogens with one attached hydrogen (secondary N) is 1. The Morgan fingerprint density at radius 2 is 2.06 bits per heavy atom. The number of hydrogen-bond donors (Lipinski definition) is 1. The molecule has 0 aliphatic carbocycles. The van der Waals surface area contributed by atoms with Crippen molar-refractivity contribution in [1.82, 2.24) is 29.0 Å². The molecule has 1 fully saturated rings. The van der Waals surface area contributed by atoms with Crippen LogP contribution >= 0.6 is 24.0 Å². The number of fused-ring (bicyclic) bond motifs is 1. The van der Waals surface area contributed by atoms with Gasteiger partial charge >= 0.3 is 5.69 Å². The molecular weight excluding hydrogens is 510 g/mol. The molecule has 0 radical (unpaired) electrons. The van der Waals surface area contributed by atoms with Crippen LogP contribution < -0.4 is 16.6 Å². The van der Waals surface area contributed by atoms with Crippen LogP contribution in [0.2, 0.25) is 5.02 Å². The molecule has 3 aromatic heterocycles. The van der Waals surface area contributed by atoms with Crippen LogP contribution in [-0.4, -0.2) is 49.0 Å². The maximum absolute atomic E-state index is 15.2. The number of nitrogens with zero attached hydrogens (tertiary/aromatic N) is 5. The van der Waals surface area contributed by atoms with Gasteiger partial charge in [0.05, 0.1) is 30.0 Å². The summed E-state index contributed by atoms with van der Waals surface area (Å²) in [7, 11) is 1.58. The van der Waals surface area contributed by atoms with Gasteiger partial charge in [-0.3, -0.25) is 9.36 Å². The molecule has 2 atom stereocenters. The molecule has 1 aromatic carbocycles. The summed E-state index contributed by atoms with van der Waals surface area (Å²) in [6.45, 7) is 3.39. The molecule has 5 rings (SSSR count). The second-order valence-electron chi connectivity index (χ2n) is 8.77. The monoisotopic (exact) mass is 534 g/mol. The third-order valence-corrected chi connectivity index (χ3v) is 6.34. The number of hydrogen-bond acceptors (Lipinski definition) is 6. The van der Waals surface area contributed by atoms with Crippen LogP contribution in [0.25, 0.3) is 16.8 Å². The van der Waals surface area contributed by atoms with Crippen molar-refractivity contribution >= 4 is 29.5 Å². The minimum absolute atomic E-state index is 0. The summed E-state index contributed by atoms with van der Waals surface area (Å²) in [5.74, 6) is -0.433. The maximum atomic E-state index is 15.2. The van der Waals surface area contributed by atoms with E-state index in [1.807, 2.05) is 6.92 Å². The first-order valence-electron chi connectivity index (χ1n) is 11.2. The molecule has 0 bridgehead atoms. The topological polar surface area (TPSA) is 95.5 Å². The Kier molecular flexibility index (Phi) is 7.60. The summed E-state index contributed by atoms with van der Waals surface area (Å²) >= 11 is 6.24. The second-order valence-corrected chi connectivity index (χ2v) is 9.20. The summed E-state index contributed by atoms with van der Waals surface area (Å²) in [5.41, 5.74) is 1.94. The molecule has 0 amide bonds. The average Bonchev–Trinajstić information content (AvgIpc) is 3.24. The Morgan fingerprint density at radius 1 is 1.25 bits per heavy atom. The number of rotatable bonds is 5. The molecule has 1 saturated heterocycles. The van der Waals surface area contributed by atoms with Gasteiger partial charge in [-0.1, -0.05) is 11.6 Å². The van der Waals surface area contributed by atoms with Crippen molar-refractivity contribution in [3.05, 3.63) is 85.8 Å². The van der Waals surface area contributed by atoms with Crippen molar-refractivity contribution < 1.29 is 9.13 Å². The van der Waals surface area contributed by atoms with Gasteiger partial charge in [0.2, 0.25) is 0 Å². The predicted octanol–water partition coefficient (Wildman–Crippen LogP) is 2.44. The molecule has 190 valence electrons. The van der Waals surface area contributed by atoms with Gasteiger partial charge in [-0.25, -0.2) is 18.7 Å². The maximum Gasteiger partial charge on any atom is 0.331 e. The van der Waals surface area contributed by atoms with Gasteiger partial charge in [0, 0.05) is 61.2 Å². The Hall–Kier alpha value is -3.05. The minimum atomic E-state index is -0.433. The normalized spacial score (nSPS) is 17.8. The zero-order valence-electron chi connectivity index (χ0n) is 19.6. The van der Waals surface area contributed by atoms with Crippen LogP contribution in [0.5, 0.6) is 0 Å². The predicted molar refractivity (Wildman–Crippen MR) is 137 cm³/mol. The molecule has 0 saturated carbocycles. The molecule has 0 spiro atoms. The first-order chi connectivity index (χ1) is 16.8. The molecule has 1 unspecified atom stereocenters. The third kappa shape index (κ3) is 5.08. The third-order valence-electron chi connectivity index (χ3n) is 6.12. The lowest BCUT2D eigenvalue weighted by Gasteiger charge is -2.29. The first-order valence-corrected chi connectivity index (χ1v) is 11.6. The van der Waals surface area contributed by atoms with Crippen molar-refractivity contribution in [2.24, 2.45) is 7.05 Å². The standard InChI is InChI=1S/C24H24ClFN6O3.ClH/c1-14-9-27-10-17(35-14)8-18-19(6-16(25)7-20(18)26)23-21-5-15(12-32(21)29-13-28-23)11-31-22(33)3-4-30(2)24(31)34;/h3-7,12-14,17,27H,8-11H2,1-2H3;1H/t14-,17?;/m0./s1. The summed E-state index contributed by atoms with van der Waals surface area (Å²) < 4.78 is 25.3. The van der Waals surface area contributed by atoms with Gasteiger partial charge in [0.25, 0.3) is 5.56 Å². The van der Waals surface area contributed by atoms with Crippen LogP contribution in [0, 0.1) is 5.82 Å². The van der Waals surface area contributed by atoms with Crippen LogP contribution in [0.3, 0.4) is 0 Å². The van der Waals surface area contributed by atoms with E-state index in [1.165, 1.54) is 29.2 Å². The highest BCUT2D eigenvalue weighted by Gasteiger charge is 2.24. The van der Waals surface area contributed by atoms with Crippen LogP contribution in [-0.2, 0) is 24.8 Å². The lowest BCUT2D eigenvalue weighted by Crippen LogP contribution is -2.44. The second kappa shape index (κ2) is 10.5. The van der Waals surface area contributed by atoms with Crippen molar-refractivity contribution in [3.8, 4) is 11.3 Å². The number of morpholine rings is 1. The highest BCUT2D eigenvalue weighted by atomic mass is 35.5. The minimum Gasteiger partial charge on any atom is -0.372 e. The molecule has 36 heavy (non-hydrogen) atoms. The van der Waals surface area contributed by atoms with Crippen molar-refractivity contribution in [2.75, 3.05) is 13.1 Å². The molecular formula is C24H25Cl2FN6O3. The molecule has 9 nitrogen and oxygen atoms in total. The SMILES string of the molecule is C[C@H]1CNCC(Cc2c(F)cc(Cl)cc2-c2ncnn3cc(Cn4c(=O)ccn(C)c4=O)cc23)O1.Cl. The fraction of sp³-hybridized carbons (Fsp3) is 0.333. The Labute approximate surface area is 216 Å². The van der Waals surface area contributed by atoms with Gasteiger partial charge in [0.15, 0.2) is 0 Å². The van der Waals surface area contributed by atoms with Crippen LogP contribution in [0.1, 0.15) is 18.1 Å². The lowest BCUT2D eigenvalue weighted by atomic mass is 9.97. The zero-order chi connectivity index (χ0) is 24.7. The summed E-state index contributed by atoms with van der Waals surface area (Å²) in [6, 6.07) is 6.11. The van der Waals surface area contributed by atoms with Crippen LogP contribution in [0.4, 0.5) is 4.39 Å². The number of ether oxygens (including phenoxy) is 1. The number of aryl methyl sites for hydroxylation is 1. The van der Waals surface area contributed by atoms with Crippen molar-refractivity contribution in [1.29, 1.82) is 0 Å². The molecule has 1 N–H and O–H groups in total. The van der Waals surface area contributed by atoms with Gasteiger partial charge in [0.1, 0.15) is 12.1 Å². The highest BCUT2D eigenvalue weighted by molar-refractivity contribution is 6.31.